The first kappa shape index (κ1) is 13.9. The molecule has 2 nitrogen and oxygen atoms in total. The largest absolute Gasteiger partial charge is 0.508 e. The van der Waals surface area contributed by atoms with Crippen LogP contribution in [-0.2, 0) is 0 Å². The molecule has 0 saturated heterocycles. The molecule has 2 aromatic carbocycles. The molecule has 0 spiro atoms. The van der Waals surface area contributed by atoms with Crippen LogP contribution in [0.2, 0.25) is 0 Å². The van der Waals surface area contributed by atoms with Gasteiger partial charge in [-0.2, -0.15) is 0 Å². The van der Waals surface area contributed by atoms with Gasteiger partial charge in [0.1, 0.15) is 11.9 Å². The monoisotopic (exact) mass is 301 g/mol. The van der Waals surface area contributed by atoms with Crippen LogP contribution in [0.15, 0.2) is 48.5 Å². The highest BCUT2D eigenvalue weighted by atomic mass is 32.1. The van der Waals surface area contributed by atoms with Gasteiger partial charge in [0.2, 0.25) is 0 Å². The van der Waals surface area contributed by atoms with Crippen LogP contribution < -0.4 is 5.32 Å². The number of fused-ring (bicyclic) bond motifs is 1. The topological polar surface area (TPSA) is 32.3 Å². The lowest BCUT2D eigenvalue weighted by molar-refractivity contribution is 0.378. The third-order valence-electron chi connectivity index (χ3n) is 3.26. The van der Waals surface area contributed by atoms with Crippen LogP contribution in [0, 0.1) is 0 Å². The number of thiophene rings is 1. The van der Waals surface area contributed by atoms with E-state index in [9.17, 15) is 9.50 Å². The van der Waals surface area contributed by atoms with Crippen molar-refractivity contribution in [3.05, 3.63) is 48.5 Å². The molecule has 108 valence electrons. The second-order valence-corrected chi connectivity index (χ2v) is 6.16. The Hall–Kier alpha value is -2.07. The third kappa shape index (κ3) is 3.16. The van der Waals surface area contributed by atoms with E-state index in [1.165, 1.54) is 6.92 Å². The Bertz CT molecular complexity index is 749. The molecule has 3 aromatic rings. The molecule has 0 radical (unpaired) electrons. The fourth-order valence-corrected chi connectivity index (χ4v) is 3.27. The lowest BCUT2D eigenvalue weighted by Gasteiger charge is -2.07. The predicted molar refractivity (Wildman–Crippen MR) is 88.0 cm³/mol. The van der Waals surface area contributed by atoms with Gasteiger partial charge in [-0.15, -0.1) is 11.3 Å². The maximum absolute atomic E-state index is 12.8. The number of hydrogen-bond acceptors (Lipinski definition) is 3. The lowest BCUT2D eigenvalue weighted by Crippen LogP contribution is -2.10. The molecule has 0 aliphatic heterocycles. The summed E-state index contributed by atoms with van der Waals surface area (Å²) >= 11 is 1.65. The zero-order valence-electron chi connectivity index (χ0n) is 11.6. The first-order valence-corrected chi connectivity index (χ1v) is 7.64. The van der Waals surface area contributed by atoms with E-state index in [0.29, 0.717) is 6.54 Å². The van der Waals surface area contributed by atoms with Crippen molar-refractivity contribution in [1.82, 2.24) is 0 Å². The van der Waals surface area contributed by atoms with Gasteiger partial charge >= 0.3 is 0 Å². The Morgan fingerprint density at radius 1 is 1.14 bits per heavy atom. The molecular formula is C17H16FNOS. The first-order valence-electron chi connectivity index (χ1n) is 6.83. The average Bonchev–Trinajstić information content (AvgIpc) is 2.88. The van der Waals surface area contributed by atoms with Gasteiger partial charge < -0.3 is 10.4 Å². The molecule has 1 aromatic heterocycles. The summed E-state index contributed by atoms with van der Waals surface area (Å²) in [6.07, 6.45) is -0.861. The lowest BCUT2D eigenvalue weighted by atomic mass is 10.1. The minimum absolute atomic E-state index is 0.288. The van der Waals surface area contributed by atoms with Crippen molar-refractivity contribution in [3.63, 3.8) is 0 Å². The zero-order valence-corrected chi connectivity index (χ0v) is 12.5. The number of alkyl halides is 1. The molecule has 1 heterocycles. The van der Waals surface area contributed by atoms with Crippen molar-refractivity contribution in [1.29, 1.82) is 0 Å². The molecule has 0 aliphatic carbocycles. The minimum Gasteiger partial charge on any atom is -0.508 e. The van der Waals surface area contributed by atoms with Gasteiger partial charge in [0.15, 0.2) is 0 Å². The summed E-state index contributed by atoms with van der Waals surface area (Å²) in [5.41, 5.74) is 2.04. The standard InChI is InChI=1S/C17H16FNOS/c1-11(18)10-19-14-5-2-12(3-6-14)16-8-13-4-7-15(20)9-17(13)21-16/h2-9,11,19-20H,10H2,1H3. The Labute approximate surface area is 126 Å². The molecule has 1 atom stereocenters. The van der Waals surface area contributed by atoms with Gasteiger partial charge in [-0.3, -0.25) is 0 Å². The van der Waals surface area contributed by atoms with E-state index in [0.717, 1.165) is 26.2 Å². The van der Waals surface area contributed by atoms with Crippen LogP contribution >= 0.6 is 11.3 Å². The molecule has 0 bridgehead atoms. The van der Waals surface area contributed by atoms with Crippen molar-refractivity contribution < 1.29 is 9.50 Å². The van der Waals surface area contributed by atoms with E-state index in [-0.39, 0.29) is 5.75 Å². The molecule has 4 heteroatoms. The van der Waals surface area contributed by atoms with Crippen molar-refractivity contribution in [2.75, 3.05) is 11.9 Å². The van der Waals surface area contributed by atoms with Crippen LogP contribution in [0.3, 0.4) is 0 Å². The van der Waals surface area contributed by atoms with Crippen molar-refractivity contribution in [2.24, 2.45) is 0 Å². The molecule has 1 unspecified atom stereocenters. The number of halogens is 1. The number of anilines is 1. The van der Waals surface area contributed by atoms with E-state index in [1.54, 1.807) is 23.5 Å². The Balaban J connectivity index is 1.85. The summed E-state index contributed by atoms with van der Waals surface area (Å²) in [5.74, 6) is 0.288. The number of hydrogen-bond donors (Lipinski definition) is 2. The SMILES string of the molecule is CC(F)CNc1ccc(-c2cc3ccc(O)cc3s2)cc1. The highest BCUT2D eigenvalue weighted by Gasteiger charge is 2.05. The number of aromatic hydroxyl groups is 1. The van der Waals surface area contributed by atoms with Gasteiger partial charge in [-0.05, 0) is 54.3 Å². The van der Waals surface area contributed by atoms with Crippen molar-refractivity contribution in [3.8, 4) is 16.2 Å². The number of phenolic OH excluding ortho intramolecular Hbond substituents is 1. The van der Waals surface area contributed by atoms with Gasteiger partial charge in [0.05, 0.1) is 0 Å². The van der Waals surface area contributed by atoms with E-state index >= 15 is 0 Å². The molecule has 0 aliphatic rings. The number of nitrogens with one attached hydrogen (secondary N) is 1. The second-order valence-electron chi connectivity index (χ2n) is 5.07. The molecule has 0 amide bonds. The normalized spacial score (nSPS) is 12.5. The van der Waals surface area contributed by atoms with Gasteiger partial charge in [-0.1, -0.05) is 12.1 Å². The summed E-state index contributed by atoms with van der Waals surface area (Å²) in [6, 6.07) is 15.5. The number of phenols is 1. The van der Waals surface area contributed by atoms with E-state index < -0.39 is 6.17 Å². The average molecular weight is 301 g/mol. The zero-order chi connectivity index (χ0) is 14.8. The van der Waals surface area contributed by atoms with Crippen molar-refractivity contribution in [2.45, 2.75) is 13.1 Å². The molecule has 0 saturated carbocycles. The van der Waals surface area contributed by atoms with Gasteiger partial charge in [0, 0.05) is 21.8 Å². The first-order chi connectivity index (χ1) is 10.1. The highest BCUT2D eigenvalue weighted by Crippen LogP contribution is 2.35. The van der Waals surface area contributed by atoms with Crippen LogP contribution in [0.4, 0.5) is 10.1 Å². The van der Waals surface area contributed by atoms with Crippen molar-refractivity contribution >= 4 is 27.1 Å². The van der Waals surface area contributed by atoms with Crippen LogP contribution in [0.5, 0.6) is 5.75 Å². The van der Waals surface area contributed by atoms with E-state index in [2.05, 4.69) is 11.4 Å². The Morgan fingerprint density at radius 2 is 1.90 bits per heavy atom. The molecule has 2 N–H and O–H groups in total. The molecular weight excluding hydrogens is 285 g/mol. The fraction of sp³-hybridized carbons (Fsp3) is 0.176. The van der Waals surface area contributed by atoms with Gasteiger partial charge in [0.25, 0.3) is 0 Å². The predicted octanol–water partition coefficient (Wildman–Crippen LogP) is 5.04. The quantitative estimate of drug-likeness (QED) is 0.707. The Morgan fingerprint density at radius 3 is 2.62 bits per heavy atom. The Kier molecular flexibility index (Phi) is 3.80. The fourth-order valence-electron chi connectivity index (χ4n) is 2.17. The molecule has 0 fully saturated rings. The summed E-state index contributed by atoms with van der Waals surface area (Å²) in [7, 11) is 0. The summed E-state index contributed by atoms with van der Waals surface area (Å²) in [6.45, 7) is 1.86. The maximum Gasteiger partial charge on any atom is 0.117 e. The summed E-state index contributed by atoms with van der Waals surface area (Å²) < 4.78 is 13.9. The minimum atomic E-state index is -0.861. The number of rotatable bonds is 4. The van der Waals surface area contributed by atoms with E-state index in [1.807, 2.05) is 30.3 Å². The van der Waals surface area contributed by atoms with Crippen LogP contribution in [0.25, 0.3) is 20.5 Å². The van der Waals surface area contributed by atoms with Crippen LogP contribution in [0.1, 0.15) is 6.92 Å². The maximum atomic E-state index is 12.8. The molecule has 3 rings (SSSR count). The summed E-state index contributed by atoms with van der Waals surface area (Å²) in [5, 5.41) is 13.7. The second kappa shape index (κ2) is 5.74. The summed E-state index contributed by atoms with van der Waals surface area (Å²) in [4.78, 5) is 1.15. The highest BCUT2D eigenvalue weighted by molar-refractivity contribution is 7.22. The smallest absolute Gasteiger partial charge is 0.117 e. The van der Waals surface area contributed by atoms with E-state index in [4.69, 9.17) is 0 Å². The van der Waals surface area contributed by atoms with Gasteiger partial charge in [-0.25, -0.2) is 4.39 Å². The molecule has 21 heavy (non-hydrogen) atoms. The van der Waals surface area contributed by atoms with Crippen LogP contribution in [-0.4, -0.2) is 17.8 Å². The number of benzene rings is 2. The third-order valence-corrected chi connectivity index (χ3v) is 4.41.